The lowest BCUT2D eigenvalue weighted by molar-refractivity contribution is 0.103. The Kier molecular flexibility index (Phi) is 3.70. The number of carbonyl (C=O) groups excluding carboxylic acids is 1. The van der Waals surface area contributed by atoms with Gasteiger partial charge in [-0.3, -0.25) is 4.79 Å². The molecule has 0 spiro atoms. The monoisotopic (exact) mass is 254 g/mol. The normalized spacial score (nSPS) is 10.5. The quantitative estimate of drug-likeness (QED) is 0.846. The van der Waals surface area contributed by atoms with Crippen LogP contribution in [-0.4, -0.2) is 10.9 Å². The first-order chi connectivity index (χ1) is 9.02. The van der Waals surface area contributed by atoms with Gasteiger partial charge in [0.05, 0.1) is 5.56 Å². The molecule has 2 rings (SSSR count). The Morgan fingerprint density at radius 3 is 2.26 bits per heavy atom. The van der Waals surface area contributed by atoms with Gasteiger partial charge in [-0.2, -0.15) is 0 Å². The van der Waals surface area contributed by atoms with E-state index in [1.165, 1.54) is 0 Å². The van der Waals surface area contributed by atoms with Crippen LogP contribution in [0.25, 0.3) is 0 Å². The molecule has 0 fully saturated rings. The summed E-state index contributed by atoms with van der Waals surface area (Å²) in [5.41, 5.74) is 3.91. The maximum atomic E-state index is 12.4. The van der Waals surface area contributed by atoms with E-state index >= 15 is 0 Å². The van der Waals surface area contributed by atoms with Crippen LogP contribution in [0.1, 0.15) is 39.5 Å². The van der Waals surface area contributed by atoms with Gasteiger partial charge in [0.2, 0.25) is 0 Å². The van der Waals surface area contributed by atoms with Crippen LogP contribution in [0.15, 0.2) is 36.4 Å². The van der Waals surface area contributed by atoms with Crippen LogP contribution in [0.3, 0.4) is 0 Å². The molecule has 19 heavy (non-hydrogen) atoms. The first-order valence-corrected chi connectivity index (χ1v) is 6.46. The Labute approximate surface area is 113 Å². The molecule has 0 heterocycles. The standard InChI is InChI=1S/C17H18O2/c1-4-13-9-12(3)10-15(16(13)18)17(19)14-7-5-11(2)6-8-14/h5-10,18H,4H2,1-3H3. The highest BCUT2D eigenvalue weighted by Gasteiger charge is 2.16. The summed E-state index contributed by atoms with van der Waals surface area (Å²) in [6, 6.07) is 11.1. The molecule has 1 N–H and O–H groups in total. The fraction of sp³-hybridized carbons (Fsp3) is 0.235. The van der Waals surface area contributed by atoms with Crippen LogP contribution in [-0.2, 0) is 6.42 Å². The van der Waals surface area contributed by atoms with Crippen molar-refractivity contribution in [3.8, 4) is 5.75 Å². The SMILES string of the molecule is CCc1cc(C)cc(C(=O)c2ccc(C)cc2)c1O. The van der Waals surface area contributed by atoms with Gasteiger partial charge in [0.1, 0.15) is 5.75 Å². The molecule has 0 aliphatic rings. The van der Waals surface area contributed by atoms with Crippen molar-refractivity contribution < 1.29 is 9.90 Å². The third-order valence-corrected chi connectivity index (χ3v) is 3.27. The Hall–Kier alpha value is -2.09. The molecule has 0 aliphatic carbocycles. The minimum Gasteiger partial charge on any atom is -0.507 e. The number of aryl methyl sites for hydroxylation is 3. The van der Waals surface area contributed by atoms with E-state index < -0.39 is 0 Å². The molecular weight excluding hydrogens is 236 g/mol. The first-order valence-electron chi connectivity index (χ1n) is 6.46. The van der Waals surface area contributed by atoms with Crippen LogP contribution < -0.4 is 0 Å². The average Bonchev–Trinajstić information content (AvgIpc) is 2.41. The first kappa shape index (κ1) is 13.3. The van der Waals surface area contributed by atoms with E-state index in [2.05, 4.69) is 0 Å². The largest absolute Gasteiger partial charge is 0.507 e. The number of hydrogen-bond acceptors (Lipinski definition) is 2. The number of hydrogen-bond donors (Lipinski definition) is 1. The van der Waals surface area contributed by atoms with Crippen LogP contribution in [0.2, 0.25) is 0 Å². The van der Waals surface area contributed by atoms with Crippen molar-refractivity contribution >= 4 is 5.78 Å². The van der Waals surface area contributed by atoms with Crippen molar-refractivity contribution in [2.75, 3.05) is 0 Å². The van der Waals surface area contributed by atoms with E-state index in [0.29, 0.717) is 17.5 Å². The summed E-state index contributed by atoms with van der Waals surface area (Å²) in [7, 11) is 0. The minimum atomic E-state index is -0.129. The molecule has 2 heteroatoms. The Bertz CT molecular complexity index is 610. The average molecular weight is 254 g/mol. The van der Waals surface area contributed by atoms with Gasteiger partial charge in [-0.15, -0.1) is 0 Å². The fourth-order valence-corrected chi connectivity index (χ4v) is 2.16. The minimum absolute atomic E-state index is 0.110. The summed E-state index contributed by atoms with van der Waals surface area (Å²) in [4.78, 5) is 12.4. The second-order valence-electron chi connectivity index (χ2n) is 4.87. The maximum Gasteiger partial charge on any atom is 0.196 e. The second-order valence-corrected chi connectivity index (χ2v) is 4.87. The van der Waals surface area contributed by atoms with Gasteiger partial charge in [-0.05, 0) is 37.5 Å². The van der Waals surface area contributed by atoms with Crippen LogP contribution in [0.5, 0.6) is 5.75 Å². The predicted molar refractivity (Wildman–Crippen MR) is 76.8 cm³/mol. The van der Waals surface area contributed by atoms with Crippen molar-refractivity contribution in [1.29, 1.82) is 0 Å². The Morgan fingerprint density at radius 2 is 1.68 bits per heavy atom. The van der Waals surface area contributed by atoms with Gasteiger partial charge < -0.3 is 5.11 Å². The molecule has 2 aromatic rings. The predicted octanol–water partition coefficient (Wildman–Crippen LogP) is 3.80. The molecule has 2 aromatic carbocycles. The van der Waals surface area contributed by atoms with Gasteiger partial charge in [0.25, 0.3) is 0 Å². The molecule has 0 amide bonds. The number of carbonyl (C=O) groups is 1. The zero-order chi connectivity index (χ0) is 14.0. The summed E-state index contributed by atoms with van der Waals surface area (Å²) in [5, 5.41) is 10.2. The molecule has 0 saturated carbocycles. The topological polar surface area (TPSA) is 37.3 Å². The highest BCUT2D eigenvalue weighted by molar-refractivity contribution is 6.11. The molecule has 0 aromatic heterocycles. The highest BCUT2D eigenvalue weighted by Crippen LogP contribution is 2.27. The summed E-state index contributed by atoms with van der Waals surface area (Å²) < 4.78 is 0. The summed E-state index contributed by atoms with van der Waals surface area (Å²) in [6.45, 7) is 5.88. The zero-order valence-corrected chi connectivity index (χ0v) is 11.5. The lowest BCUT2D eigenvalue weighted by Crippen LogP contribution is -2.04. The molecule has 0 radical (unpaired) electrons. The maximum absolute atomic E-state index is 12.4. The molecule has 0 saturated heterocycles. The molecule has 2 nitrogen and oxygen atoms in total. The van der Waals surface area contributed by atoms with Gasteiger partial charge in [-0.1, -0.05) is 42.8 Å². The number of benzene rings is 2. The van der Waals surface area contributed by atoms with Gasteiger partial charge in [0, 0.05) is 5.56 Å². The number of aromatic hydroxyl groups is 1. The summed E-state index contributed by atoms with van der Waals surface area (Å²) >= 11 is 0. The second kappa shape index (κ2) is 5.27. The van der Waals surface area contributed by atoms with Gasteiger partial charge in [-0.25, -0.2) is 0 Å². The smallest absolute Gasteiger partial charge is 0.196 e. The van der Waals surface area contributed by atoms with E-state index in [9.17, 15) is 9.90 Å². The number of rotatable bonds is 3. The van der Waals surface area contributed by atoms with Gasteiger partial charge >= 0.3 is 0 Å². The van der Waals surface area contributed by atoms with Crippen molar-refractivity contribution in [3.05, 3.63) is 64.2 Å². The zero-order valence-electron chi connectivity index (χ0n) is 11.5. The van der Waals surface area contributed by atoms with E-state index in [-0.39, 0.29) is 11.5 Å². The van der Waals surface area contributed by atoms with E-state index in [1.54, 1.807) is 18.2 Å². The number of phenols is 1. The highest BCUT2D eigenvalue weighted by atomic mass is 16.3. The van der Waals surface area contributed by atoms with Gasteiger partial charge in [0.15, 0.2) is 5.78 Å². The van der Waals surface area contributed by atoms with Crippen molar-refractivity contribution in [2.45, 2.75) is 27.2 Å². The van der Waals surface area contributed by atoms with Crippen molar-refractivity contribution in [3.63, 3.8) is 0 Å². The number of phenolic OH excluding ortho intramolecular Hbond substituents is 1. The molecule has 98 valence electrons. The summed E-state index contributed by atoms with van der Waals surface area (Å²) in [5.74, 6) is -0.0189. The molecule has 0 atom stereocenters. The molecule has 0 aliphatic heterocycles. The fourth-order valence-electron chi connectivity index (χ4n) is 2.16. The van der Waals surface area contributed by atoms with Crippen molar-refractivity contribution in [1.82, 2.24) is 0 Å². The summed E-state index contributed by atoms with van der Waals surface area (Å²) in [6.07, 6.45) is 0.710. The molecular formula is C17H18O2. The van der Waals surface area contributed by atoms with Crippen LogP contribution >= 0.6 is 0 Å². The van der Waals surface area contributed by atoms with Crippen LogP contribution in [0, 0.1) is 13.8 Å². The van der Waals surface area contributed by atoms with E-state index in [4.69, 9.17) is 0 Å². The third kappa shape index (κ3) is 2.68. The van der Waals surface area contributed by atoms with E-state index in [0.717, 1.165) is 16.7 Å². The Morgan fingerprint density at radius 1 is 1.05 bits per heavy atom. The van der Waals surface area contributed by atoms with Crippen molar-refractivity contribution in [2.24, 2.45) is 0 Å². The Balaban J connectivity index is 2.49. The molecule has 0 bridgehead atoms. The lowest BCUT2D eigenvalue weighted by Gasteiger charge is -2.10. The molecule has 0 unspecified atom stereocenters. The third-order valence-electron chi connectivity index (χ3n) is 3.27. The lowest BCUT2D eigenvalue weighted by atomic mass is 9.96. The van der Waals surface area contributed by atoms with Crippen LogP contribution in [0.4, 0.5) is 0 Å². The number of ketones is 1. The van der Waals surface area contributed by atoms with E-state index in [1.807, 2.05) is 39.0 Å².